The molecule has 7 heteroatoms. The molecule has 4 aliphatic rings. The standard InChI is InChI=1S/C29H34ClNO5/c30-21-6-8-23-18(13-21)10-11-29(23)16-31(15-20-4-7-22(20)25-3-1-2-12-35-25)24-14-19(27(32)28(33)34)5-9-26(24)36-17-29/h5-6,8-9,13-14,20,22,25,27,32H,1-4,7,10-12,15-17H2,(H,33,34). The molecule has 1 spiro atoms. The zero-order valence-electron chi connectivity index (χ0n) is 20.5. The van der Waals surface area contributed by atoms with Crippen LogP contribution in [0.2, 0.25) is 5.02 Å². The number of aliphatic carboxylic acids is 1. The molecular formula is C29H34ClNO5. The fourth-order valence-corrected chi connectivity index (χ4v) is 7.09. The number of anilines is 1. The van der Waals surface area contributed by atoms with Gasteiger partial charge in [-0.2, -0.15) is 0 Å². The number of hydrogen-bond acceptors (Lipinski definition) is 5. The summed E-state index contributed by atoms with van der Waals surface area (Å²) < 4.78 is 12.6. The summed E-state index contributed by atoms with van der Waals surface area (Å²) in [6, 6.07) is 11.5. The summed E-state index contributed by atoms with van der Waals surface area (Å²) in [4.78, 5) is 13.9. The molecule has 6 nitrogen and oxygen atoms in total. The highest BCUT2D eigenvalue weighted by Crippen LogP contribution is 2.48. The lowest BCUT2D eigenvalue weighted by molar-refractivity contribution is -0.146. The van der Waals surface area contributed by atoms with Crippen molar-refractivity contribution in [3.05, 3.63) is 58.1 Å². The third kappa shape index (κ3) is 4.27. The van der Waals surface area contributed by atoms with E-state index in [2.05, 4.69) is 17.0 Å². The zero-order chi connectivity index (χ0) is 24.9. The first-order valence-corrected chi connectivity index (χ1v) is 13.6. The van der Waals surface area contributed by atoms with Gasteiger partial charge < -0.3 is 24.6 Å². The first kappa shape index (κ1) is 24.1. The molecular weight excluding hydrogens is 478 g/mol. The van der Waals surface area contributed by atoms with Crippen LogP contribution in [0.1, 0.15) is 61.3 Å². The van der Waals surface area contributed by atoms with Crippen LogP contribution >= 0.6 is 11.6 Å². The van der Waals surface area contributed by atoms with Gasteiger partial charge in [0, 0.05) is 30.1 Å². The Hall–Kier alpha value is -2.28. The van der Waals surface area contributed by atoms with Crippen molar-refractivity contribution in [2.24, 2.45) is 11.8 Å². The van der Waals surface area contributed by atoms with Crippen molar-refractivity contribution in [2.75, 3.05) is 31.2 Å². The number of benzene rings is 2. The summed E-state index contributed by atoms with van der Waals surface area (Å²) in [5.41, 5.74) is 3.69. The molecule has 2 aliphatic heterocycles. The van der Waals surface area contributed by atoms with Crippen LogP contribution < -0.4 is 9.64 Å². The smallest absolute Gasteiger partial charge is 0.337 e. The second-order valence-electron chi connectivity index (χ2n) is 11.1. The molecule has 2 aliphatic carbocycles. The molecule has 5 unspecified atom stereocenters. The van der Waals surface area contributed by atoms with Crippen LogP contribution in [0, 0.1) is 11.8 Å². The van der Waals surface area contributed by atoms with Gasteiger partial charge in [-0.05, 0) is 97.7 Å². The molecule has 5 atom stereocenters. The van der Waals surface area contributed by atoms with E-state index in [9.17, 15) is 15.0 Å². The Morgan fingerprint density at radius 2 is 2.06 bits per heavy atom. The molecule has 36 heavy (non-hydrogen) atoms. The number of carboxylic acids is 1. The third-order valence-corrected chi connectivity index (χ3v) is 9.24. The van der Waals surface area contributed by atoms with Crippen LogP contribution in [-0.2, 0) is 21.4 Å². The number of carbonyl (C=O) groups is 1. The number of aryl methyl sites for hydroxylation is 1. The van der Waals surface area contributed by atoms with E-state index < -0.39 is 12.1 Å². The predicted molar refractivity (Wildman–Crippen MR) is 138 cm³/mol. The highest BCUT2D eigenvalue weighted by atomic mass is 35.5. The maximum atomic E-state index is 11.5. The third-order valence-electron chi connectivity index (χ3n) is 9.01. The van der Waals surface area contributed by atoms with Crippen molar-refractivity contribution in [3.8, 4) is 5.75 Å². The van der Waals surface area contributed by atoms with Crippen LogP contribution in [0.4, 0.5) is 5.69 Å². The number of nitrogens with zero attached hydrogens (tertiary/aromatic N) is 1. The molecule has 2 N–H and O–H groups in total. The van der Waals surface area contributed by atoms with E-state index in [4.69, 9.17) is 21.1 Å². The summed E-state index contributed by atoms with van der Waals surface area (Å²) >= 11 is 6.32. The Labute approximate surface area is 217 Å². The van der Waals surface area contributed by atoms with E-state index in [0.29, 0.717) is 30.1 Å². The first-order chi connectivity index (χ1) is 17.4. The van der Waals surface area contributed by atoms with E-state index in [1.54, 1.807) is 6.07 Å². The van der Waals surface area contributed by atoms with Gasteiger partial charge in [0.1, 0.15) is 5.75 Å². The summed E-state index contributed by atoms with van der Waals surface area (Å²) in [6.07, 6.45) is 6.67. The molecule has 1 saturated carbocycles. The number of ether oxygens (including phenoxy) is 2. The lowest BCUT2D eigenvalue weighted by atomic mass is 9.68. The molecule has 0 aromatic heterocycles. The second kappa shape index (κ2) is 9.55. The summed E-state index contributed by atoms with van der Waals surface area (Å²) in [6.45, 7) is 3.09. The molecule has 2 heterocycles. The second-order valence-corrected chi connectivity index (χ2v) is 11.6. The summed E-state index contributed by atoms with van der Waals surface area (Å²) in [7, 11) is 0. The summed E-state index contributed by atoms with van der Waals surface area (Å²) in [5.74, 6) is 0.592. The quantitative estimate of drug-likeness (QED) is 0.579. The largest absolute Gasteiger partial charge is 0.490 e. The summed E-state index contributed by atoms with van der Waals surface area (Å²) in [5, 5.41) is 20.5. The molecule has 0 bridgehead atoms. The van der Waals surface area contributed by atoms with Gasteiger partial charge in [-0.25, -0.2) is 4.79 Å². The normalized spacial score (nSPS) is 30.1. The predicted octanol–water partition coefficient (Wildman–Crippen LogP) is 5.14. The Kier molecular flexibility index (Phi) is 6.39. The Morgan fingerprint density at radius 3 is 2.81 bits per heavy atom. The zero-order valence-corrected chi connectivity index (χ0v) is 21.3. The minimum absolute atomic E-state index is 0.162. The van der Waals surface area contributed by atoms with E-state index in [0.717, 1.165) is 61.8 Å². The average molecular weight is 512 g/mol. The van der Waals surface area contributed by atoms with Gasteiger partial charge in [0.05, 0.1) is 18.4 Å². The number of aliphatic hydroxyl groups is 1. The Bertz CT molecular complexity index is 1150. The number of fused-ring (bicyclic) bond motifs is 3. The number of aliphatic hydroxyl groups excluding tert-OH is 1. The highest BCUT2D eigenvalue weighted by Gasteiger charge is 2.45. The van der Waals surface area contributed by atoms with Crippen LogP contribution in [0.5, 0.6) is 5.75 Å². The molecule has 0 amide bonds. The SMILES string of the molecule is O=C(O)C(O)c1ccc2c(c1)N(CC1CCC1C1CCCCO1)CC1(CCc3cc(Cl)ccc31)CO2. The van der Waals surface area contributed by atoms with Crippen molar-refractivity contribution in [1.82, 2.24) is 0 Å². The fraction of sp³-hybridized carbons (Fsp3) is 0.552. The lowest BCUT2D eigenvalue weighted by Crippen LogP contribution is -2.48. The molecule has 6 rings (SSSR count). The van der Waals surface area contributed by atoms with Crippen LogP contribution in [0.15, 0.2) is 36.4 Å². The Morgan fingerprint density at radius 1 is 1.17 bits per heavy atom. The number of carboxylic acid groups (broad SMARTS) is 1. The average Bonchev–Trinajstić information content (AvgIpc) is 3.12. The maximum absolute atomic E-state index is 11.5. The van der Waals surface area contributed by atoms with Crippen molar-refractivity contribution in [1.29, 1.82) is 0 Å². The molecule has 2 aromatic carbocycles. The van der Waals surface area contributed by atoms with Crippen LogP contribution in [-0.4, -0.2) is 48.6 Å². The minimum atomic E-state index is -1.56. The monoisotopic (exact) mass is 511 g/mol. The number of hydrogen-bond donors (Lipinski definition) is 2. The van der Waals surface area contributed by atoms with Gasteiger partial charge >= 0.3 is 5.97 Å². The van der Waals surface area contributed by atoms with Gasteiger partial charge in [0.25, 0.3) is 0 Å². The fourth-order valence-electron chi connectivity index (χ4n) is 6.90. The van der Waals surface area contributed by atoms with Gasteiger partial charge in [-0.3, -0.25) is 0 Å². The van der Waals surface area contributed by atoms with Crippen LogP contribution in [0.3, 0.4) is 0 Å². The molecule has 0 radical (unpaired) electrons. The van der Waals surface area contributed by atoms with E-state index in [1.165, 1.54) is 30.4 Å². The van der Waals surface area contributed by atoms with E-state index in [1.807, 2.05) is 18.2 Å². The molecule has 2 aromatic rings. The van der Waals surface area contributed by atoms with E-state index in [-0.39, 0.29) is 5.41 Å². The molecule has 192 valence electrons. The maximum Gasteiger partial charge on any atom is 0.337 e. The highest BCUT2D eigenvalue weighted by molar-refractivity contribution is 6.30. The topological polar surface area (TPSA) is 79.2 Å². The minimum Gasteiger partial charge on any atom is -0.490 e. The van der Waals surface area contributed by atoms with Crippen molar-refractivity contribution in [3.63, 3.8) is 0 Å². The lowest BCUT2D eigenvalue weighted by Gasteiger charge is -2.46. The van der Waals surface area contributed by atoms with Gasteiger partial charge in [0.15, 0.2) is 6.10 Å². The van der Waals surface area contributed by atoms with Crippen LogP contribution in [0.25, 0.3) is 0 Å². The van der Waals surface area contributed by atoms with Gasteiger partial charge in [-0.15, -0.1) is 0 Å². The van der Waals surface area contributed by atoms with E-state index >= 15 is 0 Å². The molecule has 1 saturated heterocycles. The van der Waals surface area contributed by atoms with Crippen molar-refractivity contribution < 1.29 is 24.5 Å². The number of rotatable bonds is 5. The van der Waals surface area contributed by atoms with Crippen molar-refractivity contribution in [2.45, 2.75) is 62.6 Å². The Balaban J connectivity index is 1.34. The number of halogens is 1. The van der Waals surface area contributed by atoms with Crippen molar-refractivity contribution >= 4 is 23.3 Å². The molecule has 2 fully saturated rings. The first-order valence-electron chi connectivity index (χ1n) is 13.3. The van der Waals surface area contributed by atoms with Gasteiger partial charge in [-0.1, -0.05) is 23.7 Å². The van der Waals surface area contributed by atoms with Gasteiger partial charge in [0.2, 0.25) is 0 Å².